The van der Waals surface area contributed by atoms with Gasteiger partial charge in [-0.3, -0.25) is 4.79 Å². The minimum absolute atomic E-state index is 0.00506. The van der Waals surface area contributed by atoms with Gasteiger partial charge in [0.2, 0.25) is 5.69 Å². The highest BCUT2D eigenvalue weighted by atomic mass is 32.1. The van der Waals surface area contributed by atoms with Crippen LogP contribution >= 0.6 is 11.5 Å². The molecule has 1 N–H and O–H groups in total. The molecule has 1 atom stereocenters. The summed E-state index contributed by atoms with van der Waals surface area (Å²) in [6.45, 7) is 9.82. The van der Waals surface area contributed by atoms with Crippen molar-refractivity contribution in [3.05, 3.63) is 35.0 Å². The second-order valence-electron chi connectivity index (χ2n) is 6.09. The van der Waals surface area contributed by atoms with Crippen molar-refractivity contribution in [1.82, 2.24) is 9.59 Å². The topological polar surface area (TPSA) is 90.4 Å². The summed E-state index contributed by atoms with van der Waals surface area (Å²) < 4.78 is 14.3. The zero-order chi connectivity index (χ0) is 19.3. The number of rotatable bonds is 7. The van der Waals surface area contributed by atoms with Crippen LogP contribution in [0.15, 0.2) is 18.2 Å². The van der Waals surface area contributed by atoms with Gasteiger partial charge in [-0.1, -0.05) is 24.4 Å². The number of anilines is 1. The number of esters is 1. The summed E-state index contributed by atoms with van der Waals surface area (Å²) in [5, 5.41) is 6.58. The third kappa shape index (κ3) is 4.78. The smallest absolute Gasteiger partial charge is 0.362 e. The molecule has 1 unspecified atom stereocenters. The van der Waals surface area contributed by atoms with E-state index in [-0.39, 0.29) is 17.3 Å². The third-order valence-corrected chi connectivity index (χ3v) is 4.38. The maximum absolute atomic E-state index is 12.4. The maximum atomic E-state index is 12.4. The first-order chi connectivity index (χ1) is 12.3. The molecule has 0 spiro atoms. The predicted molar refractivity (Wildman–Crippen MR) is 99.9 cm³/mol. The van der Waals surface area contributed by atoms with Crippen molar-refractivity contribution in [2.45, 2.75) is 46.6 Å². The lowest BCUT2D eigenvalue weighted by atomic mass is 9.98. The molecule has 0 saturated carbocycles. The Bertz CT molecular complexity index is 788. The maximum Gasteiger partial charge on any atom is 0.362 e. The molecule has 0 aliphatic rings. The second-order valence-corrected chi connectivity index (χ2v) is 6.85. The zero-order valence-electron chi connectivity index (χ0n) is 15.5. The summed E-state index contributed by atoms with van der Waals surface area (Å²) in [7, 11) is 0. The van der Waals surface area contributed by atoms with Crippen LogP contribution in [-0.4, -0.2) is 34.2 Å². The van der Waals surface area contributed by atoms with E-state index < -0.39 is 18.0 Å². The van der Waals surface area contributed by atoms with E-state index in [4.69, 9.17) is 9.47 Å². The highest BCUT2D eigenvalue weighted by Gasteiger charge is 2.22. The van der Waals surface area contributed by atoms with Gasteiger partial charge in [-0.2, -0.15) is 0 Å². The van der Waals surface area contributed by atoms with Crippen molar-refractivity contribution < 1.29 is 19.1 Å². The van der Waals surface area contributed by atoms with Gasteiger partial charge >= 0.3 is 5.97 Å². The third-order valence-electron chi connectivity index (χ3n) is 3.74. The number of carbonyl (C=O) groups is 2. The van der Waals surface area contributed by atoms with Crippen molar-refractivity contribution >= 4 is 28.4 Å². The van der Waals surface area contributed by atoms with Gasteiger partial charge in [0.15, 0.2) is 11.1 Å². The zero-order valence-corrected chi connectivity index (χ0v) is 16.3. The van der Waals surface area contributed by atoms with Crippen molar-refractivity contribution in [2.75, 3.05) is 11.9 Å². The van der Waals surface area contributed by atoms with Crippen molar-refractivity contribution in [2.24, 2.45) is 0 Å². The number of ether oxygens (including phenoxy) is 2. The van der Waals surface area contributed by atoms with Crippen LogP contribution in [0.25, 0.3) is 0 Å². The Balaban J connectivity index is 2.04. The van der Waals surface area contributed by atoms with Crippen molar-refractivity contribution in [3.63, 3.8) is 0 Å². The highest BCUT2D eigenvalue weighted by Crippen LogP contribution is 2.24. The molecule has 0 radical (unpaired) electrons. The van der Waals surface area contributed by atoms with E-state index in [1.54, 1.807) is 13.8 Å². The molecule has 1 aromatic carbocycles. The average molecular weight is 377 g/mol. The Morgan fingerprint density at radius 3 is 2.62 bits per heavy atom. The summed E-state index contributed by atoms with van der Waals surface area (Å²) >= 11 is 0.914. The van der Waals surface area contributed by atoms with Crippen molar-refractivity contribution in [3.8, 4) is 5.75 Å². The first-order valence-electron chi connectivity index (χ1n) is 8.41. The molecule has 0 aliphatic carbocycles. The van der Waals surface area contributed by atoms with Crippen LogP contribution in [0, 0.1) is 6.92 Å². The van der Waals surface area contributed by atoms with Crippen LogP contribution in [0.1, 0.15) is 55.2 Å². The lowest BCUT2D eigenvalue weighted by Gasteiger charge is -2.16. The van der Waals surface area contributed by atoms with Gasteiger partial charge in [0.05, 0.1) is 6.61 Å². The molecular weight excluding hydrogens is 354 g/mol. The summed E-state index contributed by atoms with van der Waals surface area (Å²) in [5.41, 5.74) is 2.35. The number of amides is 1. The Hall–Kier alpha value is -2.48. The minimum Gasteiger partial charge on any atom is -0.481 e. The van der Waals surface area contributed by atoms with Crippen molar-refractivity contribution in [1.29, 1.82) is 0 Å². The highest BCUT2D eigenvalue weighted by molar-refractivity contribution is 7.10. The van der Waals surface area contributed by atoms with E-state index in [9.17, 15) is 9.59 Å². The van der Waals surface area contributed by atoms with Crippen LogP contribution in [0.5, 0.6) is 5.75 Å². The minimum atomic E-state index is -0.753. The summed E-state index contributed by atoms with van der Waals surface area (Å²) in [5.74, 6) is 0.0182. The van der Waals surface area contributed by atoms with Gasteiger partial charge in [0.1, 0.15) is 5.75 Å². The second kappa shape index (κ2) is 8.75. The fourth-order valence-corrected chi connectivity index (χ4v) is 3.01. The number of aryl methyl sites for hydroxylation is 1. The SMILES string of the molecule is CCOC(=O)c1nnsc1NC(=O)C(C)Oc1ccc(C(C)C)c(C)c1. The lowest BCUT2D eigenvalue weighted by molar-refractivity contribution is -0.122. The first kappa shape index (κ1) is 19.8. The van der Waals surface area contributed by atoms with E-state index >= 15 is 0 Å². The van der Waals surface area contributed by atoms with E-state index in [0.717, 1.165) is 17.1 Å². The number of nitrogens with one attached hydrogen (secondary N) is 1. The number of hydrogen-bond donors (Lipinski definition) is 1. The van der Waals surface area contributed by atoms with E-state index in [2.05, 4.69) is 28.8 Å². The van der Waals surface area contributed by atoms with Crippen LogP contribution in [-0.2, 0) is 9.53 Å². The number of hydrogen-bond acceptors (Lipinski definition) is 7. The molecule has 1 amide bonds. The molecule has 26 heavy (non-hydrogen) atoms. The van der Waals surface area contributed by atoms with Gasteiger partial charge in [0.25, 0.3) is 5.91 Å². The monoisotopic (exact) mass is 377 g/mol. The van der Waals surface area contributed by atoms with Crippen LogP contribution in [0.4, 0.5) is 5.00 Å². The molecule has 2 rings (SSSR count). The summed E-state index contributed by atoms with van der Waals surface area (Å²) in [6.07, 6.45) is -0.753. The van der Waals surface area contributed by atoms with Gasteiger partial charge in [-0.25, -0.2) is 4.79 Å². The van der Waals surface area contributed by atoms with E-state index in [1.807, 2.05) is 25.1 Å². The van der Waals surface area contributed by atoms with Crippen LogP contribution in [0.3, 0.4) is 0 Å². The lowest BCUT2D eigenvalue weighted by Crippen LogP contribution is -2.30. The molecule has 8 heteroatoms. The largest absolute Gasteiger partial charge is 0.481 e. The average Bonchev–Trinajstić information content (AvgIpc) is 3.03. The molecule has 0 saturated heterocycles. The van der Waals surface area contributed by atoms with Crippen LogP contribution in [0.2, 0.25) is 0 Å². The van der Waals surface area contributed by atoms with Gasteiger partial charge in [0, 0.05) is 11.5 Å². The molecule has 0 fully saturated rings. The number of aromatic nitrogens is 2. The Labute approximate surface area is 156 Å². The Kier molecular flexibility index (Phi) is 6.68. The van der Waals surface area contributed by atoms with Gasteiger partial charge in [-0.15, -0.1) is 5.10 Å². The molecule has 1 heterocycles. The number of carbonyl (C=O) groups excluding carboxylic acids is 2. The van der Waals surface area contributed by atoms with Crippen LogP contribution < -0.4 is 10.1 Å². The Morgan fingerprint density at radius 2 is 2.00 bits per heavy atom. The molecular formula is C18H23N3O4S. The van der Waals surface area contributed by atoms with E-state index in [0.29, 0.717) is 11.7 Å². The van der Waals surface area contributed by atoms with E-state index in [1.165, 1.54) is 5.56 Å². The Morgan fingerprint density at radius 1 is 1.27 bits per heavy atom. The fraction of sp³-hybridized carbons (Fsp3) is 0.444. The number of benzene rings is 1. The standard InChI is InChI=1S/C18H23N3O4S/c1-6-24-18(23)15-17(26-21-20-15)19-16(22)12(5)25-13-7-8-14(10(2)3)11(4)9-13/h7-10,12H,6H2,1-5H3,(H,19,22). The first-order valence-corrected chi connectivity index (χ1v) is 9.18. The molecule has 0 aliphatic heterocycles. The molecule has 0 bridgehead atoms. The molecule has 140 valence electrons. The van der Waals surface area contributed by atoms with Gasteiger partial charge < -0.3 is 14.8 Å². The number of nitrogens with zero attached hydrogens (tertiary/aromatic N) is 2. The summed E-state index contributed by atoms with van der Waals surface area (Å²) in [4.78, 5) is 24.2. The molecule has 7 nitrogen and oxygen atoms in total. The fourth-order valence-electron chi connectivity index (χ4n) is 2.45. The van der Waals surface area contributed by atoms with Gasteiger partial charge in [-0.05, 0) is 49.9 Å². The quantitative estimate of drug-likeness (QED) is 0.742. The summed E-state index contributed by atoms with van der Waals surface area (Å²) in [6, 6.07) is 5.77. The molecule has 1 aromatic heterocycles. The normalized spacial score (nSPS) is 11.9. The predicted octanol–water partition coefficient (Wildman–Crippen LogP) is 3.55. The molecule has 2 aromatic rings.